The first kappa shape index (κ1) is 28.1. The first-order valence-corrected chi connectivity index (χ1v) is 14.4. The Balaban J connectivity index is 1.52. The maximum Gasteiger partial charge on any atom is 0.338 e. The Morgan fingerprint density at radius 2 is 1.79 bits per heavy atom. The van der Waals surface area contributed by atoms with E-state index < -0.39 is 16.9 Å². The molecule has 0 saturated carbocycles. The molecule has 0 aliphatic carbocycles. The number of carbonyl (C=O) groups excluding carboxylic acids is 1. The van der Waals surface area contributed by atoms with Gasteiger partial charge in [-0.05, 0) is 36.8 Å². The second-order valence-corrected chi connectivity index (χ2v) is 10.9. The summed E-state index contributed by atoms with van der Waals surface area (Å²) in [4.78, 5) is 43.5. The van der Waals surface area contributed by atoms with Crippen LogP contribution in [0.5, 0.6) is 0 Å². The van der Waals surface area contributed by atoms with Gasteiger partial charge >= 0.3 is 5.97 Å². The molecule has 0 unspecified atom stereocenters. The molecule has 1 atom stereocenters. The Morgan fingerprint density at radius 3 is 2.49 bits per heavy atom. The van der Waals surface area contributed by atoms with E-state index in [1.807, 2.05) is 60.7 Å². The second kappa shape index (κ2) is 11.7. The highest BCUT2D eigenvalue weighted by Gasteiger charge is 2.35. The number of halogens is 1. The number of nitrogens with zero attached hydrogens (tertiary/aromatic N) is 3. The number of aromatic nitrogens is 1. The van der Waals surface area contributed by atoms with Crippen LogP contribution in [0.25, 0.3) is 23.1 Å². The van der Waals surface area contributed by atoms with E-state index in [4.69, 9.17) is 25.7 Å². The lowest BCUT2D eigenvalue weighted by atomic mass is 9.93. The van der Waals surface area contributed by atoms with Gasteiger partial charge < -0.3 is 9.15 Å². The van der Waals surface area contributed by atoms with E-state index in [1.165, 1.54) is 28.0 Å². The van der Waals surface area contributed by atoms with Crippen LogP contribution in [0.2, 0.25) is 5.02 Å². The van der Waals surface area contributed by atoms with E-state index in [-0.39, 0.29) is 28.4 Å². The van der Waals surface area contributed by atoms with Crippen molar-refractivity contribution in [3.8, 4) is 11.3 Å². The zero-order valence-corrected chi connectivity index (χ0v) is 24.2. The monoisotopic (exact) mass is 611 g/mol. The van der Waals surface area contributed by atoms with E-state index in [1.54, 1.807) is 31.2 Å². The highest BCUT2D eigenvalue weighted by Crippen LogP contribution is 2.35. The maximum absolute atomic E-state index is 14.0. The smallest absolute Gasteiger partial charge is 0.338 e. The molecule has 0 bridgehead atoms. The molecule has 3 heterocycles. The number of furan rings is 1. The highest BCUT2D eigenvalue weighted by atomic mass is 35.5. The third kappa shape index (κ3) is 5.33. The summed E-state index contributed by atoms with van der Waals surface area (Å²) in [7, 11) is 0. The SMILES string of the molecule is CCOC(=O)C1=C(c2ccccc2)N=c2s/c(=C\c3ccc(-c4ccc(Cl)c([N+](=O)[O-])c4)o3)c(=O)n2[C@H]1c1ccccc1. The van der Waals surface area contributed by atoms with Gasteiger partial charge in [-0.15, -0.1) is 0 Å². The van der Waals surface area contributed by atoms with Crippen LogP contribution in [0.3, 0.4) is 0 Å². The summed E-state index contributed by atoms with van der Waals surface area (Å²) < 4.78 is 13.3. The molecule has 3 aromatic carbocycles. The van der Waals surface area contributed by atoms with Crippen LogP contribution in [-0.2, 0) is 9.53 Å². The lowest BCUT2D eigenvalue weighted by molar-refractivity contribution is -0.384. The van der Waals surface area contributed by atoms with Crippen molar-refractivity contribution in [2.24, 2.45) is 4.99 Å². The fraction of sp³-hybridized carbons (Fsp3) is 0.0938. The number of thiazole rings is 1. The topological polar surface area (TPSA) is 117 Å². The van der Waals surface area contributed by atoms with Crippen molar-refractivity contribution in [2.75, 3.05) is 6.61 Å². The van der Waals surface area contributed by atoms with Gasteiger partial charge in [-0.3, -0.25) is 19.5 Å². The summed E-state index contributed by atoms with van der Waals surface area (Å²) in [6, 6.07) is 25.5. The molecule has 0 fully saturated rings. The molecule has 214 valence electrons. The van der Waals surface area contributed by atoms with Crippen molar-refractivity contribution < 1.29 is 18.9 Å². The summed E-state index contributed by atoms with van der Waals surface area (Å²) in [6.45, 7) is 1.89. The fourth-order valence-electron chi connectivity index (χ4n) is 4.91. The van der Waals surface area contributed by atoms with E-state index in [9.17, 15) is 19.7 Å². The number of fused-ring (bicyclic) bond motifs is 1. The second-order valence-electron chi connectivity index (χ2n) is 9.47. The van der Waals surface area contributed by atoms with Gasteiger partial charge in [-0.1, -0.05) is 83.6 Å². The van der Waals surface area contributed by atoms with Gasteiger partial charge in [-0.2, -0.15) is 0 Å². The van der Waals surface area contributed by atoms with Crippen LogP contribution >= 0.6 is 22.9 Å². The third-order valence-corrected chi connectivity index (χ3v) is 8.12. The molecule has 0 amide bonds. The first-order valence-electron chi connectivity index (χ1n) is 13.2. The molecule has 1 aliphatic heterocycles. The van der Waals surface area contributed by atoms with Gasteiger partial charge in [-0.25, -0.2) is 9.79 Å². The molecule has 0 saturated heterocycles. The Morgan fingerprint density at radius 1 is 1.07 bits per heavy atom. The molecule has 9 nitrogen and oxygen atoms in total. The largest absolute Gasteiger partial charge is 0.463 e. The van der Waals surface area contributed by atoms with Crippen LogP contribution in [-0.4, -0.2) is 22.1 Å². The van der Waals surface area contributed by atoms with Crippen LogP contribution in [0.1, 0.15) is 29.9 Å². The molecule has 0 radical (unpaired) electrons. The van der Waals surface area contributed by atoms with E-state index in [2.05, 4.69) is 0 Å². The van der Waals surface area contributed by atoms with Crippen LogP contribution in [0.4, 0.5) is 5.69 Å². The molecule has 11 heteroatoms. The lowest BCUT2D eigenvalue weighted by Gasteiger charge is -2.25. The standard InChI is InChI=1S/C32H22ClN3O6S/c1-2-41-31(38)27-28(19-9-5-3-6-10-19)34-32-35(29(27)20-11-7-4-8-12-20)30(37)26(43-32)18-22-14-16-25(42-22)21-13-15-23(33)24(17-21)36(39)40/h3-18,29H,2H2,1H3/b26-18-/t29-/m0/s1. The number of esters is 1. The summed E-state index contributed by atoms with van der Waals surface area (Å²) in [5.74, 6) is 0.180. The van der Waals surface area contributed by atoms with Gasteiger partial charge in [0, 0.05) is 23.3 Å². The molecule has 2 aromatic heterocycles. The van der Waals surface area contributed by atoms with Crippen molar-refractivity contribution in [2.45, 2.75) is 13.0 Å². The normalized spacial score (nSPS) is 14.7. The molecule has 6 rings (SSSR count). The maximum atomic E-state index is 14.0. The zero-order chi connectivity index (χ0) is 30.1. The minimum atomic E-state index is -0.782. The summed E-state index contributed by atoms with van der Waals surface area (Å²) >= 11 is 7.12. The molecule has 1 aliphatic rings. The Bertz CT molecular complexity index is 2080. The Hall–Kier alpha value is -5.06. The molecule has 0 N–H and O–H groups in total. The molecule has 5 aromatic rings. The number of hydrogen-bond acceptors (Lipinski definition) is 8. The number of nitro benzene ring substituents is 1. The van der Waals surface area contributed by atoms with Gasteiger partial charge in [0.05, 0.1) is 33.4 Å². The van der Waals surface area contributed by atoms with E-state index >= 15 is 0 Å². The first-order chi connectivity index (χ1) is 20.9. The van der Waals surface area contributed by atoms with E-state index in [0.717, 1.165) is 11.1 Å². The number of nitro groups is 1. The van der Waals surface area contributed by atoms with Gasteiger partial charge in [0.25, 0.3) is 11.2 Å². The van der Waals surface area contributed by atoms with Crippen molar-refractivity contribution in [3.05, 3.63) is 148 Å². The molecular weight excluding hydrogens is 590 g/mol. The summed E-state index contributed by atoms with van der Waals surface area (Å²) in [5.41, 5.74) is 2.02. The van der Waals surface area contributed by atoms with Gasteiger partial charge in [0.15, 0.2) is 4.80 Å². The van der Waals surface area contributed by atoms with Crippen LogP contribution in [0.15, 0.2) is 111 Å². The lowest BCUT2D eigenvalue weighted by Crippen LogP contribution is -2.39. The highest BCUT2D eigenvalue weighted by molar-refractivity contribution is 7.07. The van der Waals surface area contributed by atoms with Crippen molar-refractivity contribution >= 4 is 46.4 Å². The van der Waals surface area contributed by atoms with Gasteiger partial charge in [0.1, 0.15) is 16.5 Å². The quantitative estimate of drug-likeness (QED) is 0.131. The average Bonchev–Trinajstić information content (AvgIpc) is 3.61. The van der Waals surface area contributed by atoms with Crippen LogP contribution < -0.4 is 14.9 Å². The van der Waals surface area contributed by atoms with Gasteiger partial charge in [0.2, 0.25) is 0 Å². The zero-order valence-electron chi connectivity index (χ0n) is 22.6. The predicted octanol–water partition coefficient (Wildman–Crippen LogP) is 5.76. The number of rotatable bonds is 7. The molecule has 43 heavy (non-hydrogen) atoms. The fourth-order valence-corrected chi connectivity index (χ4v) is 6.08. The number of ether oxygens (including phenoxy) is 1. The minimum Gasteiger partial charge on any atom is -0.463 e. The Kier molecular flexibility index (Phi) is 7.62. The molecule has 0 spiro atoms. The van der Waals surface area contributed by atoms with Crippen molar-refractivity contribution in [1.82, 2.24) is 4.57 Å². The third-order valence-electron chi connectivity index (χ3n) is 6.82. The Labute approximate surface area is 253 Å². The van der Waals surface area contributed by atoms with E-state index in [0.29, 0.717) is 32.1 Å². The van der Waals surface area contributed by atoms with Crippen molar-refractivity contribution in [3.63, 3.8) is 0 Å². The number of carbonyl (C=O) groups is 1. The van der Waals surface area contributed by atoms with Crippen LogP contribution in [0, 0.1) is 10.1 Å². The minimum absolute atomic E-state index is 0.0201. The summed E-state index contributed by atoms with van der Waals surface area (Å²) in [5, 5.41) is 11.4. The average molecular weight is 612 g/mol. The predicted molar refractivity (Wildman–Crippen MR) is 163 cm³/mol. The van der Waals surface area contributed by atoms with Crippen molar-refractivity contribution in [1.29, 1.82) is 0 Å². The molecular formula is C32H22ClN3O6S. The summed E-state index contributed by atoms with van der Waals surface area (Å²) in [6.07, 6.45) is 1.59. The number of hydrogen-bond donors (Lipinski definition) is 0. The number of benzene rings is 3.